The molecule has 0 bridgehead atoms. The number of piperidine rings is 1. The molecule has 0 aliphatic carbocycles. The van der Waals surface area contributed by atoms with Crippen molar-refractivity contribution in [3.8, 4) is 0 Å². The van der Waals surface area contributed by atoms with E-state index in [0.29, 0.717) is 13.0 Å². The summed E-state index contributed by atoms with van der Waals surface area (Å²) in [6.45, 7) is 3.43. The number of carbonyl (C=O) groups excluding carboxylic acids is 1. The van der Waals surface area contributed by atoms with E-state index >= 15 is 0 Å². The Morgan fingerprint density at radius 3 is 2.67 bits per heavy atom. The summed E-state index contributed by atoms with van der Waals surface area (Å²) in [5.41, 5.74) is 0. The molecule has 4 heteroatoms. The number of amides is 1. The lowest BCUT2D eigenvalue weighted by Gasteiger charge is -2.32. The zero-order chi connectivity index (χ0) is 11.1. The summed E-state index contributed by atoms with van der Waals surface area (Å²) in [7, 11) is 3.61. The van der Waals surface area contributed by atoms with Gasteiger partial charge in [0.1, 0.15) is 0 Å². The Bertz CT molecular complexity index is 189. The van der Waals surface area contributed by atoms with Gasteiger partial charge in [0.2, 0.25) is 5.91 Å². The molecule has 1 amide bonds. The van der Waals surface area contributed by atoms with Gasteiger partial charge in [0.15, 0.2) is 0 Å². The number of methoxy groups -OCH3 is 1. The summed E-state index contributed by atoms with van der Waals surface area (Å²) in [4.78, 5) is 13.6. The van der Waals surface area contributed by atoms with E-state index in [1.807, 2.05) is 11.9 Å². The summed E-state index contributed by atoms with van der Waals surface area (Å²) >= 11 is 0. The molecule has 0 aromatic rings. The highest BCUT2D eigenvalue weighted by atomic mass is 16.5. The fourth-order valence-corrected chi connectivity index (χ4v) is 2.02. The number of likely N-dealkylation sites (tertiary alicyclic amines) is 1. The number of rotatable bonds is 5. The molecule has 0 aromatic carbocycles. The average Bonchev–Trinajstić information content (AvgIpc) is 2.27. The lowest BCUT2D eigenvalue weighted by molar-refractivity contribution is -0.133. The molecular formula is C11H22N2O2. The zero-order valence-electron chi connectivity index (χ0n) is 9.79. The van der Waals surface area contributed by atoms with Crippen molar-refractivity contribution in [2.24, 2.45) is 5.92 Å². The normalized spacial score (nSPS) is 18.1. The number of hydrogen-bond acceptors (Lipinski definition) is 3. The van der Waals surface area contributed by atoms with Crippen LogP contribution in [0, 0.1) is 5.92 Å². The molecule has 1 aliphatic heterocycles. The second-order valence-corrected chi connectivity index (χ2v) is 4.12. The first-order valence-corrected chi connectivity index (χ1v) is 5.69. The van der Waals surface area contributed by atoms with Crippen molar-refractivity contribution in [2.45, 2.75) is 19.3 Å². The molecule has 4 nitrogen and oxygen atoms in total. The van der Waals surface area contributed by atoms with Crippen LogP contribution in [0.5, 0.6) is 0 Å². The summed E-state index contributed by atoms with van der Waals surface area (Å²) in [5, 5.41) is 3.19. The maximum atomic E-state index is 11.7. The van der Waals surface area contributed by atoms with Crippen LogP contribution in [0.2, 0.25) is 0 Å². The van der Waals surface area contributed by atoms with Crippen molar-refractivity contribution in [1.29, 1.82) is 0 Å². The van der Waals surface area contributed by atoms with E-state index in [0.717, 1.165) is 38.4 Å². The summed E-state index contributed by atoms with van der Waals surface area (Å²) in [6.07, 6.45) is 2.77. The van der Waals surface area contributed by atoms with Crippen LogP contribution in [0.1, 0.15) is 19.3 Å². The van der Waals surface area contributed by atoms with Gasteiger partial charge < -0.3 is 15.0 Å². The maximum Gasteiger partial charge on any atom is 0.224 e. The van der Waals surface area contributed by atoms with Crippen LogP contribution in [-0.4, -0.2) is 51.2 Å². The first-order valence-electron chi connectivity index (χ1n) is 5.69. The Balaban J connectivity index is 2.21. The van der Waals surface area contributed by atoms with Crippen LogP contribution < -0.4 is 5.32 Å². The molecule has 0 spiro atoms. The smallest absolute Gasteiger partial charge is 0.224 e. The Labute approximate surface area is 92.0 Å². The molecule has 1 N–H and O–H groups in total. The van der Waals surface area contributed by atoms with Crippen LogP contribution in [0.25, 0.3) is 0 Å². The van der Waals surface area contributed by atoms with Gasteiger partial charge in [-0.3, -0.25) is 4.79 Å². The molecule has 1 rings (SSSR count). The Morgan fingerprint density at radius 1 is 1.47 bits per heavy atom. The van der Waals surface area contributed by atoms with Crippen LogP contribution in [0.3, 0.4) is 0 Å². The number of carbonyl (C=O) groups is 1. The molecule has 0 radical (unpaired) electrons. The molecule has 1 fully saturated rings. The van der Waals surface area contributed by atoms with Crippen molar-refractivity contribution in [1.82, 2.24) is 10.2 Å². The summed E-state index contributed by atoms with van der Waals surface area (Å²) < 4.78 is 4.91. The number of nitrogens with one attached hydrogen (secondary N) is 1. The third-order valence-electron chi connectivity index (χ3n) is 2.98. The van der Waals surface area contributed by atoms with Gasteiger partial charge in [-0.2, -0.15) is 0 Å². The van der Waals surface area contributed by atoms with Crippen molar-refractivity contribution >= 4 is 5.91 Å². The van der Waals surface area contributed by atoms with Gasteiger partial charge in [-0.15, -0.1) is 0 Å². The monoisotopic (exact) mass is 214 g/mol. The van der Waals surface area contributed by atoms with Gasteiger partial charge in [0.25, 0.3) is 0 Å². The van der Waals surface area contributed by atoms with E-state index in [1.165, 1.54) is 0 Å². The molecule has 15 heavy (non-hydrogen) atoms. The maximum absolute atomic E-state index is 11.7. The number of nitrogens with zero attached hydrogens (tertiary/aromatic N) is 1. The first kappa shape index (κ1) is 12.5. The highest BCUT2D eigenvalue weighted by molar-refractivity contribution is 5.76. The minimum atomic E-state index is 0.236. The highest BCUT2D eigenvalue weighted by Gasteiger charge is 2.21. The Hall–Kier alpha value is -0.610. The predicted molar refractivity (Wildman–Crippen MR) is 59.7 cm³/mol. The van der Waals surface area contributed by atoms with Crippen molar-refractivity contribution in [3.63, 3.8) is 0 Å². The van der Waals surface area contributed by atoms with Crippen LogP contribution in [-0.2, 0) is 9.53 Å². The van der Waals surface area contributed by atoms with Gasteiger partial charge in [0.05, 0.1) is 13.0 Å². The van der Waals surface area contributed by atoms with E-state index in [4.69, 9.17) is 4.74 Å². The molecule has 1 aliphatic rings. The van der Waals surface area contributed by atoms with Gasteiger partial charge in [0, 0.05) is 20.2 Å². The lowest BCUT2D eigenvalue weighted by Crippen LogP contribution is -2.40. The third-order valence-corrected chi connectivity index (χ3v) is 2.98. The number of hydrogen-bond donors (Lipinski definition) is 1. The fourth-order valence-electron chi connectivity index (χ4n) is 2.02. The minimum absolute atomic E-state index is 0.236. The molecular weight excluding hydrogens is 192 g/mol. The Kier molecular flexibility index (Phi) is 5.65. The third kappa shape index (κ3) is 4.18. The number of ether oxygens (including phenoxy) is 1. The van der Waals surface area contributed by atoms with Crippen molar-refractivity contribution in [3.05, 3.63) is 0 Å². The zero-order valence-corrected chi connectivity index (χ0v) is 9.79. The SMILES string of the molecule is CNCC1CCN(C(=O)CCOC)CC1. The minimum Gasteiger partial charge on any atom is -0.384 e. The quantitative estimate of drug-likeness (QED) is 0.724. The standard InChI is InChI=1S/C11H22N2O2/c1-12-9-10-3-6-13(7-4-10)11(14)5-8-15-2/h10,12H,3-9H2,1-2H3. The summed E-state index contributed by atoms with van der Waals surface area (Å²) in [5.74, 6) is 0.973. The van der Waals surface area contributed by atoms with E-state index in [2.05, 4.69) is 5.32 Å². The highest BCUT2D eigenvalue weighted by Crippen LogP contribution is 2.16. The van der Waals surface area contributed by atoms with E-state index in [1.54, 1.807) is 7.11 Å². The first-order chi connectivity index (χ1) is 7.27. The van der Waals surface area contributed by atoms with E-state index < -0.39 is 0 Å². The van der Waals surface area contributed by atoms with E-state index in [9.17, 15) is 4.79 Å². The Morgan fingerprint density at radius 2 is 2.13 bits per heavy atom. The van der Waals surface area contributed by atoms with Gasteiger partial charge in [-0.05, 0) is 32.4 Å². The molecule has 0 saturated carbocycles. The van der Waals surface area contributed by atoms with E-state index in [-0.39, 0.29) is 5.91 Å². The summed E-state index contributed by atoms with van der Waals surface area (Å²) in [6, 6.07) is 0. The predicted octanol–water partition coefficient (Wildman–Crippen LogP) is 0.481. The topological polar surface area (TPSA) is 41.6 Å². The molecule has 88 valence electrons. The van der Waals surface area contributed by atoms with Crippen molar-refractivity contribution in [2.75, 3.05) is 40.4 Å². The van der Waals surface area contributed by atoms with Gasteiger partial charge in [-0.1, -0.05) is 0 Å². The fraction of sp³-hybridized carbons (Fsp3) is 0.909. The second-order valence-electron chi connectivity index (χ2n) is 4.12. The molecule has 0 unspecified atom stereocenters. The molecule has 0 aromatic heterocycles. The van der Waals surface area contributed by atoms with Gasteiger partial charge >= 0.3 is 0 Å². The molecule has 1 heterocycles. The molecule has 0 atom stereocenters. The lowest BCUT2D eigenvalue weighted by atomic mass is 9.97. The average molecular weight is 214 g/mol. The van der Waals surface area contributed by atoms with Gasteiger partial charge in [-0.25, -0.2) is 0 Å². The largest absolute Gasteiger partial charge is 0.384 e. The second kappa shape index (κ2) is 6.80. The van der Waals surface area contributed by atoms with Crippen LogP contribution in [0.4, 0.5) is 0 Å². The van der Waals surface area contributed by atoms with Crippen LogP contribution in [0.15, 0.2) is 0 Å². The molecule has 1 saturated heterocycles. The van der Waals surface area contributed by atoms with Crippen LogP contribution >= 0.6 is 0 Å². The van der Waals surface area contributed by atoms with Crippen molar-refractivity contribution < 1.29 is 9.53 Å².